The van der Waals surface area contributed by atoms with Gasteiger partial charge in [0.2, 0.25) is 5.84 Å². The maximum Gasteiger partial charge on any atom is 0.207 e. The van der Waals surface area contributed by atoms with Crippen LogP contribution in [0, 0.1) is 11.3 Å². The molecule has 0 bridgehead atoms. The first-order valence-electron chi connectivity index (χ1n) is 2.41. The Morgan fingerprint density at radius 1 is 1.89 bits per heavy atom. The third-order valence-corrected chi connectivity index (χ3v) is 1.55. The third kappa shape index (κ3) is 1.68. The summed E-state index contributed by atoms with van der Waals surface area (Å²) in [6.45, 7) is 0.713. The lowest BCUT2D eigenvalue weighted by atomic mass is 10.5. The average Bonchev–Trinajstić information content (AvgIpc) is 1.88. The van der Waals surface area contributed by atoms with Gasteiger partial charge in [-0.3, -0.25) is 0 Å². The van der Waals surface area contributed by atoms with Crippen LogP contribution >= 0.6 is 22.6 Å². The summed E-state index contributed by atoms with van der Waals surface area (Å²) < 4.78 is 0.878. The number of nitrogens with zero attached hydrogens (tertiary/aromatic N) is 2. The fourth-order valence-electron chi connectivity index (χ4n) is 0.488. The van der Waals surface area contributed by atoms with Gasteiger partial charge in [0, 0.05) is 6.54 Å². The monoisotopic (exact) mass is 233 g/mol. The van der Waals surface area contributed by atoms with Gasteiger partial charge in [0.25, 0.3) is 0 Å². The van der Waals surface area contributed by atoms with Crippen molar-refractivity contribution in [1.29, 1.82) is 5.26 Å². The second kappa shape index (κ2) is 2.82. The largest absolute Gasteiger partial charge is 0.358 e. The highest BCUT2D eigenvalue weighted by Gasteiger charge is 2.00. The number of halogens is 1. The number of hydrogen-bond donors (Lipinski definition) is 1. The van der Waals surface area contributed by atoms with Crippen molar-refractivity contribution in [3.05, 3.63) is 9.78 Å². The van der Waals surface area contributed by atoms with E-state index < -0.39 is 0 Å². The minimum Gasteiger partial charge on any atom is -0.358 e. The van der Waals surface area contributed by atoms with Gasteiger partial charge >= 0.3 is 0 Å². The molecule has 46 valence electrons. The van der Waals surface area contributed by atoms with Crippen molar-refractivity contribution < 1.29 is 0 Å². The Morgan fingerprint density at radius 3 is 3.11 bits per heavy atom. The normalized spacial score (nSPS) is 16.9. The first-order valence-corrected chi connectivity index (χ1v) is 3.49. The van der Waals surface area contributed by atoms with E-state index in [4.69, 9.17) is 5.26 Å². The summed E-state index contributed by atoms with van der Waals surface area (Å²) in [5.41, 5.74) is 0. The number of nitrogens with one attached hydrogen (secondary N) is 1. The van der Waals surface area contributed by atoms with Crippen molar-refractivity contribution in [3.63, 3.8) is 0 Å². The zero-order valence-corrected chi connectivity index (χ0v) is 6.71. The van der Waals surface area contributed by atoms with E-state index in [-0.39, 0.29) is 0 Å². The van der Waals surface area contributed by atoms with E-state index in [0.717, 1.165) is 3.70 Å². The van der Waals surface area contributed by atoms with E-state index in [1.54, 1.807) is 0 Å². The zero-order chi connectivity index (χ0) is 6.69. The maximum absolute atomic E-state index is 8.33. The quantitative estimate of drug-likeness (QED) is 0.496. The van der Waals surface area contributed by atoms with Gasteiger partial charge in [-0.25, -0.2) is 4.99 Å². The molecule has 0 radical (unpaired) electrons. The summed E-state index contributed by atoms with van der Waals surface area (Å²) in [5.74, 6) is 0.405. The van der Waals surface area contributed by atoms with Gasteiger partial charge in [0.1, 0.15) is 9.77 Å². The van der Waals surface area contributed by atoms with Crippen molar-refractivity contribution in [2.24, 2.45) is 4.99 Å². The first kappa shape index (κ1) is 6.55. The SMILES string of the molecule is N#CC1=NC(I)=CCN1. The fraction of sp³-hybridized carbons (Fsp3) is 0.200. The van der Waals surface area contributed by atoms with Crippen LogP contribution in [0.25, 0.3) is 0 Å². The van der Waals surface area contributed by atoms with E-state index in [0.29, 0.717) is 12.4 Å². The highest BCUT2D eigenvalue weighted by atomic mass is 127. The van der Waals surface area contributed by atoms with Crippen LogP contribution in [0.15, 0.2) is 14.8 Å². The van der Waals surface area contributed by atoms with Gasteiger partial charge in [-0.15, -0.1) is 0 Å². The van der Waals surface area contributed by atoms with E-state index in [1.165, 1.54) is 0 Å². The molecular weight excluding hydrogens is 229 g/mol. The number of rotatable bonds is 0. The molecule has 0 aromatic heterocycles. The van der Waals surface area contributed by atoms with E-state index in [9.17, 15) is 0 Å². The molecule has 0 aromatic carbocycles. The Kier molecular flexibility index (Phi) is 2.05. The molecule has 0 fully saturated rings. The predicted molar refractivity (Wildman–Crippen MR) is 43.2 cm³/mol. The molecule has 0 unspecified atom stereocenters. The minimum absolute atomic E-state index is 0.405. The molecule has 0 aliphatic carbocycles. The van der Waals surface area contributed by atoms with Crippen LogP contribution in [0.5, 0.6) is 0 Å². The lowest BCUT2D eigenvalue weighted by molar-refractivity contribution is 1.02. The Balaban J connectivity index is 2.78. The predicted octanol–water partition coefficient (Wildman–Crippen LogP) is 0.788. The molecule has 4 heteroatoms. The number of amidine groups is 1. The molecule has 1 rings (SSSR count). The Morgan fingerprint density at radius 2 is 2.67 bits per heavy atom. The molecule has 3 nitrogen and oxygen atoms in total. The molecule has 0 amide bonds. The standard InChI is InChI=1S/C5H4IN3/c6-4-1-2-8-5(3-7)9-4/h1H,2H2,(H,8,9). The van der Waals surface area contributed by atoms with E-state index in [2.05, 4.69) is 32.9 Å². The molecule has 1 heterocycles. The molecule has 0 saturated carbocycles. The van der Waals surface area contributed by atoms with Crippen molar-refractivity contribution in [1.82, 2.24) is 5.32 Å². The van der Waals surface area contributed by atoms with Gasteiger partial charge in [-0.1, -0.05) is 0 Å². The minimum atomic E-state index is 0.405. The smallest absolute Gasteiger partial charge is 0.207 e. The van der Waals surface area contributed by atoms with Crippen LogP contribution < -0.4 is 5.32 Å². The molecular formula is C5H4IN3. The molecule has 0 aromatic rings. The molecule has 0 atom stereocenters. The molecule has 9 heavy (non-hydrogen) atoms. The van der Waals surface area contributed by atoms with Gasteiger partial charge in [-0.05, 0) is 28.7 Å². The van der Waals surface area contributed by atoms with Gasteiger partial charge < -0.3 is 5.32 Å². The van der Waals surface area contributed by atoms with Crippen LogP contribution in [0.4, 0.5) is 0 Å². The van der Waals surface area contributed by atoms with Gasteiger partial charge in [0.05, 0.1) is 0 Å². The number of hydrogen-bond acceptors (Lipinski definition) is 3. The van der Waals surface area contributed by atoms with E-state index in [1.807, 2.05) is 12.1 Å². The summed E-state index contributed by atoms with van der Waals surface area (Å²) in [6, 6.07) is 1.93. The van der Waals surface area contributed by atoms with Crippen LogP contribution in [0.3, 0.4) is 0 Å². The summed E-state index contributed by atoms with van der Waals surface area (Å²) in [7, 11) is 0. The van der Waals surface area contributed by atoms with Gasteiger partial charge in [0.15, 0.2) is 0 Å². The fourth-order valence-corrected chi connectivity index (χ4v) is 0.950. The van der Waals surface area contributed by atoms with Crippen LogP contribution in [0.2, 0.25) is 0 Å². The lowest BCUT2D eigenvalue weighted by Gasteiger charge is -2.03. The summed E-state index contributed by atoms with van der Waals surface area (Å²) >= 11 is 2.08. The highest BCUT2D eigenvalue weighted by Crippen LogP contribution is 2.08. The highest BCUT2D eigenvalue weighted by molar-refractivity contribution is 14.1. The number of nitriles is 1. The Bertz CT molecular complexity index is 211. The summed E-state index contributed by atoms with van der Waals surface area (Å²) in [5, 5.41) is 11.1. The topological polar surface area (TPSA) is 48.2 Å². The molecule has 0 saturated heterocycles. The van der Waals surface area contributed by atoms with E-state index >= 15 is 0 Å². The summed E-state index contributed by atoms with van der Waals surface area (Å²) in [6.07, 6.45) is 1.92. The van der Waals surface area contributed by atoms with Crippen molar-refractivity contribution in [2.45, 2.75) is 0 Å². The zero-order valence-electron chi connectivity index (χ0n) is 4.56. The van der Waals surface area contributed by atoms with Crippen LogP contribution in [-0.4, -0.2) is 12.4 Å². The first-order chi connectivity index (χ1) is 4.33. The molecule has 1 N–H and O–H groups in total. The Hall–Kier alpha value is -0.570. The van der Waals surface area contributed by atoms with Crippen molar-refractivity contribution in [3.8, 4) is 6.07 Å². The summed E-state index contributed by atoms with van der Waals surface area (Å²) in [4.78, 5) is 3.89. The van der Waals surface area contributed by atoms with Crippen molar-refractivity contribution >= 4 is 28.4 Å². The third-order valence-electron chi connectivity index (χ3n) is 0.865. The number of aliphatic imine (C=N–C) groups is 1. The second-order valence-corrected chi connectivity index (χ2v) is 2.59. The molecule has 1 aliphatic heterocycles. The van der Waals surface area contributed by atoms with Crippen molar-refractivity contribution in [2.75, 3.05) is 6.54 Å². The Labute approximate surface area is 66.6 Å². The molecule has 1 aliphatic rings. The lowest BCUT2D eigenvalue weighted by Crippen LogP contribution is -2.24. The second-order valence-electron chi connectivity index (χ2n) is 1.48. The van der Waals surface area contributed by atoms with Crippen LogP contribution in [0.1, 0.15) is 0 Å². The average molecular weight is 233 g/mol. The van der Waals surface area contributed by atoms with Gasteiger partial charge in [-0.2, -0.15) is 5.26 Å². The maximum atomic E-state index is 8.33. The van der Waals surface area contributed by atoms with Crippen LogP contribution in [-0.2, 0) is 0 Å². The molecule has 0 spiro atoms.